The van der Waals surface area contributed by atoms with Crippen molar-refractivity contribution in [3.63, 3.8) is 0 Å². The zero-order valence-corrected chi connectivity index (χ0v) is 16.3. The van der Waals surface area contributed by atoms with Crippen molar-refractivity contribution in [2.45, 2.75) is 18.8 Å². The second-order valence-corrected chi connectivity index (χ2v) is 7.59. The van der Waals surface area contributed by atoms with Crippen LogP contribution in [0.5, 0.6) is 0 Å². The van der Waals surface area contributed by atoms with E-state index in [-0.39, 0.29) is 17.6 Å². The van der Waals surface area contributed by atoms with Gasteiger partial charge in [-0.15, -0.1) is 0 Å². The van der Waals surface area contributed by atoms with E-state index in [0.717, 1.165) is 29.2 Å². The van der Waals surface area contributed by atoms with Gasteiger partial charge in [0.05, 0.1) is 0 Å². The van der Waals surface area contributed by atoms with Crippen LogP contribution in [0.25, 0.3) is 22.2 Å². The van der Waals surface area contributed by atoms with Gasteiger partial charge in [-0.2, -0.15) is 4.98 Å². The van der Waals surface area contributed by atoms with Gasteiger partial charge in [-0.3, -0.25) is 4.79 Å². The number of aromatic nitrogens is 2. The van der Waals surface area contributed by atoms with Crippen LogP contribution in [0, 0.1) is 5.82 Å². The van der Waals surface area contributed by atoms with Gasteiger partial charge >= 0.3 is 0 Å². The van der Waals surface area contributed by atoms with Gasteiger partial charge in [-0.25, -0.2) is 4.39 Å². The molecule has 0 spiro atoms. The Morgan fingerprint density at radius 2 is 1.70 bits per heavy atom. The second kappa shape index (κ2) is 7.71. The number of carbonyl (C=O) groups is 1. The van der Waals surface area contributed by atoms with E-state index >= 15 is 0 Å². The minimum Gasteiger partial charge on any atom is -0.339 e. The van der Waals surface area contributed by atoms with Crippen LogP contribution in [0.4, 0.5) is 4.39 Å². The first-order valence-electron chi connectivity index (χ1n) is 10.0. The first-order chi connectivity index (χ1) is 14.7. The molecule has 150 valence electrons. The van der Waals surface area contributed by atoms with Gasteiger partial charge in [0, 0.05) is 30.1 Å². The molecule has 1 fully saturated rings. The monoisotopic (exact) mass is 401 g/mol. The number of fused-ring (bicyclic) bond motifs is 1. The van der Waals surface area contributed by atoms with Gasteiger partial charge in [0.25, 0.3) is 5.91 Å². The normalized spacial score (nSPS) is 14.9. The molecule has 0 radical (unpaired) electrons. The van der Waals surface area contributed by atoms with Crippen molar-refractivity contribution in [1.82, 2.24) is 15.0 Å². The third-order valence-electron chi connectivity index (χ3n) is 5.67. The molecule has 1 aromatic heterocycles. The molecule has 1 aliphatic rings. The smallest absolute Gasteiger partial charge is 0.253 e. The number of likely N-dealkylation sites (tertiary alicyclic amines) is 1. The maximum atomic E-state index is 13.1. The van der Waals surface area contributed by atoms with E-state index in [1.807, 2.05) is 47.4 Å². The summed E-state index contributed by atoms with van der Waals surface area (Å²) in [5, 5.41) is 6.23. The average Bonchev–Trinajstić information content (AvgIpc) is 3.29. The highest BCUT2D eigenvalue weighted by Gasteiger charge is 2.28. The van der Waals surface area contributed by atoms with Crippen LogP contribution in [0.3, 0.4) is 0 Å². The average molecular weight is 401 g/mol. The van der Waals surface area contributed by atoms with Gasteiger partial charge in [-0.05, 0) is 60.0 Å². The fourth-order valence-corrected chi connectivity index (χ4v) is 3.95. The molecule has 4 aromatic rings. The van der Waals surface area contributed by atoms with Crippen LogP contribution in [0.2, 0.25) is 0 Å². The molecule has 0 unspecified atom stereocenters. The third-order valence-corrected chi connectivity index (χ3v) is 5.67. The molecule has 2 heterocycles. The van der Waals surface area contributed by atoms with Crippen LogP contribution >= 0.6 is 0 Å². The predicted molar refractivity (Wildman–Crippen MR) is 112 cm³/mol. The van der Waals surface area contributed by atoms with Crippen molar-refractivity contribution >= 4 is 16.7 Å². The van der Waals surface area contributed by atoms with E-state index in [0.29, 0.717) is 30.4 Å². The van der Waals surface area contributed by atoms with E-state index < -0.39 is 0 Å². The predicted octanol–water partition coefficient (Wildman–Crippen LogP) is 5.05. The van der Waals surface area contributed by atoms with Crippen LogP contribution in [-0.4, -0.2) is 34.0 Å². The fraction of sp³-hybridized carbons (Fsp3) is 0.208. The highest BCUT2D eigenvalue weighted by molar-refractivity contribution is 5.98. The van der Waals surface area contributed by atoms with Gasteiger partial charge in [0.1, 0.15) is 5.82 Å². The Bertz CT molecular complexity index is 1190. The molecule has 1 amide bonds. The molecule has 3 aromatic carbocycles. The van der Waals surface area contributed by atoms with Gasteiger partial charge in [0.15, 0.2) is 0 Å². The lowest BCUT2D eigenvalue weighted by molar-refractivity contribution is 0.0704. The largest absolute Gasteiger partial charge is 0.339 e. The Hall–Kier alpha value is -3.54. The summed E-state index contributed by atoms with van der Waals surface area (Å²) in [5.74, 6) is 0.904. The number of benzene rings is 3. The number of carbonyl (C=O) groups excluding carboxylic acids is 1. The van der Waals surface area contributed by atoms with Crippen LogP contribution < -0.4 is 0 Å². The number of nitrogens with zero attached hydrogens (tertiary/aromatic N) is 3. The fourth-order valence-electron chi connectivity index (χ4n) is 3.95. The van der Waals surface area contributed by atoms with Crippen LogP contribution in [-0.2, 0) is 0 Å². The quantitative estimate of drug-likeness (QED) is 0.482. The third kappa shape index (κ3) is 3.56. The van der Waals surface area contributed by atoms with Gasteiger partial charge < -0.3 is 9.42 Å². The lowest BCUT2D eigenvalue weighted by Crippen LogP contribution is -2.38. The van der Waals surface area contributed by atoms with Crippen molar-refractivity contribution < 1.29 is 13.7 Å². The Morgan fingerprint density at radius 3 is 2.47 bits per heavy atom. The molecule has 6 heteroatoms. The summed E-state index contributed by atoms with van der Waals surface area (Å²) in [7, 11) is 0. The summed E-state index contributed by atoms with van der Waals surface area (Å²) in [6.07, 6.45) is 1.54. The molecule has 1 saturated heterocycles. The van der Waals surface area contributed by atoms with Crippen molar-refractivity contribution in [1.29, 1.82) is 0 Å². The standard InChI is InChI=1S/C24H20FN3O2/c25-21-9-7-17(8-10-21)22-26-23(30-27-22)18-11-13-28(14-12-18)24(29)20-6-5-16-3-1-2-4-19(16)15-20/h1-10,15,18H,11-14H2. The number of hydrogen-bond acceptors (Lipinski definition) is 4. The first kappa shape index (κ1) is 18.5. The van der Waals surface area contributed by atoms with E-state index in [9.17, 15) is 9.18 Å². The van der Waals surface area contributed by atoms with Crippen LogP contribution in [0.15, 0.2) is 71.3 Å². The summed E-state index contributed by atoms with van der Waals surface area (Å²) in [6.45, 7) is 1.29. The van der Waals surface area contributed by atoms with Crippen molar-refractivity contribution in [2.24, 2.45) is 0 Å². The van der Waals surface area contributed by atoms with Crippen molar-refractivity contribution in [2.75, 3.05) is 13.1 Å². The Morgan fingerprint density at radius 1 is 0.967 bits per heavy atom. The topological polar surface area (TPSA) is 59.2 Å². The van der Waals surface area contributed by atoms with Gasteiger partial charge in [-0.1, -0.05) is 35.5 Å². The molecule has 30 heavy (non-hydrogen) atoms. The summed E-state index contributed by atoms with van der Waals surface area (Å²) < 4.78 is 18.6. The minimum atomic E-state index is -0.300. The molecule has 0 aliphatic carbocycles. The molecule has 0 atom stereocenters. The number of hydrogen-bond donors (Lipinski definition) is 0. The second-order valence-electron chi connectivity index (χ2n) is 7.59. The Kier molecular flexibility index (Phi) is 4.75. The molecule has 0 saturated carbocycles. The molecular weight excluding hydrogens is 381 g/mol. The number of piperidine rings is 1. The van der Waals surface area contributed by atoms with E-state index in [1.54, 1.807) is 12.1 Å². The van der Waals surface area contributed by atoms with Gasteiger partial charge in [0.2, 0.25) is 11.7 Å². The maximum Gasteiger partial charge on any atom is 0.253 e. The minimum absolute atomic E-state index is 0.0525. The highest BCUT2D eigenvalue weighted by Crippen LogP contribution is 2.29. The summed E-state index contributed by atoms with van der Waals surface area (Å²) in [5.41, 5.74) is 1.43. The maximum absolute atomic E-state index is 13.1. The zero-order valence-electron chi connectivity index (χ0n) is 16.3. The molecule has 5 nitrogen and oxygen atoms in total. The Balaban J connectivity index is 1.26. The molecule has 5 rings (SSSR count). The molecule has 0 bridgehead atoms. The number of amides is 1. The van der Waals surface area contributed by atoms with E-state index in [2.05, 4.69) is 10.1 Å². The lowest BCUT2D eigenvalue weighted by Gasteiger charge is -2.30. The van der Waals surface area contributed by atoms with Crippen molar-refractivity contribution in [3.05, 3.63) is 84.0 Å². The molecular formula is C24H20FN3O2. The van der Waals surface area contributed by atoms with Crippen LogP contribution in [0.1, 0.15) is 35.0 Å². The van der Waals surface area contributed by atoms with E-state index in [4.69, 9.17) is 4.52 Å². The summed E-state index contributed by atoms with van der Waals surface area (Å²) in [6, 6.07) is 19.9. The molecule has 0 N–H and O–H groups in total. The summed E-state index contributed by atoms with van der Waals surface area (Å²) in [4.78, 5) is 19.3. The number of rotatable bonds is 3. The highest BCUT2D eigenvalue weighted by atomic mass is 19.1. The summed E-state index contributed by atoms with van der Waals surface area (Å²) >= 11 is 0. The number of halogens is 1. The lowest BCUT2D eigenvalue weighted by atomic mass is 9.96. The SMILES string of the molecule is O=C(c1ccc2ccccc2c1)N1CCC(c2nc(-c3ccc(F)cc3)no2)CC1. The molecule has 1 aliphatic heterocycles. The Labute approximate surface area is 173 Å². The van der Waals surface area contributed by atoms with E-state index in [1.165, 1.54) is 12.1 Å². The zero-order chi connectivity index (χ0) is 20.5. The van der Waals surface area contributed by atoms with Crippen molar-refractivity contribution in [3.8, 4) is 11.4 Å². The first-order valence-corrected chi connectivity index (χ1v) is 10.0.